The maximum Gasteiger partial charge on any atom is 0.0676 e. The Morgan fingerprint density at radius 1 is 1.22 bits per heavy atom. The van der Waals surface area contributed by atoms with Gasteiger partial charge in [-0.2, -0.15) is 0 Å². The Bertz CT molecular complexity index is 87.1. The lowest BCUT2D eigenvalue weighted by atomic mass is 9.98. The summed E-state index contributed by atoms with van der Waals surface area (Å²) in [6, 6.07) is 0. The van der Waals surface area contributed by atoms with Crippen LogP contribution in [0.3, 0.4) is 0 Å². The van der Waals surface area contributed by atoms with Crippen LogP contribution in [-0.2, 0) is 0 Å². The van der Waals surface area contributed by atoms with Crippen LogP contribution in [0.15, 0.2) is 0 Å². The highest BCUT2D eigenvalue weighted by atomic mass is 79.9. The lowest BCUT2D eigenvalue weighted by Crippen LogP contribution is -2.32. The average molecular weight is 258 g/mol. The molecule has 0 aromatic heterocycles. The molecule has 3 unspecified atom stereocenters. The summed E-state index contributed by atoms with van der Waals surface area (Å²) in [6.07, 6.45) is 3.10. The zero-order valence-electron chi connectivity index (χ0n) is 5.06. The first kappa shape index (κ1) is 8.02. The minimum Gasteiger partial charge on any atom is -0.392 e. The van der Waals surface area contributed by atoms with Crippen molar-refractivity contribution < 1.29 is 5.11 Å². The van der Waals surface area contributed by atoms with Gasteiger partial charge in [-0.1, -0.05) is 31.9 Å². The third-order valence-electron chi connectivity index (χ3n) is 1.69. The Labute approximate surface area is 72.1 Å². The zero-order valence-corrected chi connectivity index (χ0v) is 8.23. The average Bonchev–Trinajstić information content (AvgIpc) is 1.83. The summed E-state index contributed by atoms with van der Waals surface area (Å²) in [4.78, 5) is 0.715. The Kier molecular flexibility index (Phi) is 2.99. The highest BCUT2D eigenvalue weighted by Crippen LogP contribution is 2.29. The SMILES string of the molecule is OC1CCCC(Br)C1Br. The fourth-order valence-corrected chi connectivity index (χ4v) is 2.29. The van der Waals surface area contributed by atoms with E-state index in [1.54, 1.807) is 0 Å². The predicted octanol–water partition coefficient (Wildman–Crippen LogP) is 2.06. The van der Waals surface area contributed by atoms with Gasteiger partial charge in [0.15, 0.2) is 0 Å². The van der Waals surface area contributed by atoms with E-state index in [2.05, 4.69) is 31.9 Å². The standard InChI is InChI=1S/C6H10Br2O/c7-4-2-1-3-5(9)6(4)8/h4-6,9H,1-3H2. The van der Waals surface area contributed by atoms with Crippen molar-refractivity contribution in [1.29, 1.82) is 0 Å². The smallest absolute Gasteiger partial charge is 0.0676 e. The van der Waals surface area contributed by atoms with Crippen LogP contribution in [0.5, 0.6) is 0 Å². The summed E-state index contributed by atoms with van der Waals surface area (Å²) >= 11 is 6.91. The van der Waals surface area contributed by atoms with Crippen molar-refractivity contribution in [2.24, 2.45) is 0 Å². The maximum atomic E-state index is 9.27. The molecular weight excluding hydrogens is 248 g/mol. The molecule has 0 aromatic rings. The van der Waals surface area contributed by atoms with Crippen LogP contribution in [0.25, 0.3) is 0 Å². The number of rotatable bonds is 0. The quantitative estimate of drug-likeness (QED) is 0.659. The van der Waals surface area contributed by atoms with Gasteiger partial charge in [-0.3, -0.25) is 0 Å². The van der Waals surface area contributed by atoms with Gasteiger partial charge >= 0.3 is 0 Å². The van der Waals surface area contributed by atoms with Crippen molar-refractivity contribution in [2.45, 2.75) is 35.0 Å². The largest absolute Gasteiger partial charge is 0.392 e. The zero-order chi connectivity index (χ0) is 6.85. The molecule has 3 heteroatoms. The monoisotopic (exact) mass is 256 g/mol. The van der Waals surface area contributed by atoms with E-state index in [4.69, 9.17) is 0 Å². The molecule has 0 aromatic carbocycles. The number of hydrogen-bond acceptors (Lipinski definition) is 1. The molecule has 0 radical (unpaired) electrons. The highest BCUT2D eigenvalue weighted by Gasteiger charge is 2.27. The van der Waals surface area contributed by atoms with E-state index in [0.717, 1.165) is 12.8 Å². The summed E-state index contributed by atoms with van der Waals surface area (Å²) in [7, 11) is 0. The van der Waals surface area contributed by atoms with Crippen LogP contribution < -0.4 is 0 Å². The molecule has 3 atom stereocenters. The number of halogens is 2. The molecule has 0 bridgehead atoms. The molecule has 54 valence electrons. The molecule has 1 N–H and O–H groups in total. The third-order valence-corrected chi connectivity index (χ3v) is 4.68. The second-order valence-corrected chi connectivity index (χ2v) is 4.69. The summed E-state index contributed by atoms with van der Waals surface area (Å²) in [5.41, 5.74) is 0. The number of aliphatic hydroxyl groups is 1. The summed E-state index contributed by atoms with van der Waals surface area (Å²) in [5.74, 6) is 0. The summed E-state index contributed by atoms with van der Waals surface area (Å²) in [5, 5.41) is 9.27. The molecule has 0 heterocycles. The number of alkyl halides is 2. The predicted molar refractivity (Wildman–Crippen MR) is 45.3 cm³/mol. The molecule has 0 aliphatic heterocycles. The van der Waals surface area contributed by atoms with E-state index in [1.165, 1.54) is 6.42 Å². The Balaban J connectivity index is 2.41. The minimum absolute atomic E-state index is 0.150. The number of aliphatic hydroxyl groups excluding tert-OH is 1. The first-order chi connectivity index (χ1) is 4.22. The molecular formula is C6H10Br2O. The van der Waals surface area contributed by atoms with E-state index in [0.29, 0.717) is 4.83 Å². The van der Waals surface area contributed by atoms with Gasteiger partial charge in [-0.05, 0) is 19.3 Å². The van der Waals surface area contributed by atoms with Gasteiger partial charge < -0.3 is 5.11 Å². The van der Waals surface area contributed by atoms with Gasteiger partial charge in [-0.25, -0.2) is 0 Å². The molecule has 0 amide bonds. The van der Waals surface area contributed by atoms with E-state index < -0.39 is 0 Å². The van der Waals surface area contributed by atoms with Crippen molar-refractivity contribution >= 4 is 31.9 Å². The van der Waals surface area contributed by atoms with E-state index >= 15 is 0 Å². The van der Waals surface area contributed by atoms with Crippen molar-refractivity contribution in [3.8, 4) is 0 Å². The van der Waals surface area contributed by atoms with Crippen molar-refractivity contribution in [3.63, 3.8) is 0 Å². The van der Waals surface area contributed by atoms with E-state index in [9.17, 15) is 5.11 Å². The first-order valence-corrected chi connectivity index (χ1v) is 5.01. The molecule has 1 fully saturated rings. The molecule has 1 aliphatic rings. The second-order valence-electron chi connectivity index (χ2n) is 2.46. The van der Waals surface area contributed by atoms with Gasteiger partial charge in [0.25, 0.3) is 0 Å². The van der Waals surface area contributed by atoms with Crippen molar-refractivity contribution in [3.05, 3.63) is 0 Å². The molecule has 1 saturated carbocycles. The fourth-order valence-electron chi connectivity index (χ4n) is 1.08. The Morgan fingerprint density at radius 3 is 2.33 bits per heavy atom. The van der Waals surface area contributed by atoms with E-state index in [1.807, 2.05) is 0 Å². The van der Waals surface area contributed by atoms with Crippen LogP contribution in [0.2, 0.25) is 0 Å². The normalized spacial score (nSPS) is 45.0. The van der Waals surface area contributed by atoms with Crippen molar-refractivity contribution in [2.75, 3.05) is 0 Å². The van der Waals surface area contributed by atoms with Gasteiger partial charge in [0, 0.05) is 4.83 Å². The molecule has 9 heavy (non-hydrogen) atoms. The minimum atomic E-state index is -0.150. The van der Waals surface area contributed by atoms with Crippen LogP contribution in [-0.4, -0.2) is 20.9 Å². The van der Waals surface area contributed by atoms with Crippen LogP contribution in [0, 0.1) is 0 Å². The van der Waals surface area contributed by atoms with Crippen LogP contribution in [0.4, 0.5) is 0 Å². The van der Waals surface area contributed by atoms with E-state index in [-0.39, 0.29) is 10.9 Å². The third kappa shape index (κ3) is 1.92. The summed E-state index contributed by atoms with van der Waals surface area (Å²) < 4.78 is 0. The van der Waals surface area contributed by atoms with Crippen molar-refractivity contribution in [1.82, 2.24) is 0 Å². The Morgan fingerprint density at radius 2 is 1.89 bits per heavy atom. The van der Waals surface area contributed by atoms with Gasteiger partial charge in [-0.15, -0.1) is 0 Å². The van der Waals surface area contributed by atoms with Crippen LogP contribution in [0.1, 0.15) is 19.3 Å². The lowest BCUT2D eigenvalue weighted by Gasteiger charge is -2.27. The second kappa shape index (κ2) is 3.35. The molecule has 1 rings (SSSR count). The number of hydrogen-bond donors (Lipinski definition) is 1. The van der Waals surface area contributed by atoms with Gasteiger partial charge in [0.1, 0.15) is 0 Å². The fraction of sp³-hybridized carbons (Fsp3) is 1.00. The molecule has 0 saturated heterocycles. The highest BCUT2D eigenvalue weighted by molar-refractivity contribution is 9.12. The van der Waals surface area contributed by atoms with Gasteiger partial charge in [0.2, 0.25) is 0 Å². The molecule has 1 aliphatic carbocycles. The first-order valence-electron chi connectivity index (χ1n) is 3.18. The Hall–Kier alpha value is 0.920. The maximum absolute atomic E-state index is 9.27. The summed E-state index contributed by atoms with van der Waals surface area (Å²) in [6.45, 7) is 0. The lowest BCUT2D eigenvalue weighted by molar-refractivity contribution is 0.142. The molecule has 1 nitrogen and oxygen atoms in total. The van der Waals surface area contributed by atoms with Gasteiger partial charge in [0.05, 0.1) is 10.9 Å². The molecule has 0 spiro atoms. The van der Waals surface area contributed by atoms with Crippen LogP contribution >= 0.6 is 31.9 Å². The topological polar surface area (TPSA) is 20.2 Å².